The number of hydrogen-bond acceptors (Lipinski definition) is 7. The summed E-state index contributed by atoms with van der Waals surface area (Å²) >= 11 is 0. The van der Waals surface area contributed by atoms with Crippen molar-refractivity contribution >= 4 is 11.6 Å². The number of hydrogen-bond donors (Lipinski definition) is 2. The molecule has 0 bridgehead atoms. The predicted octanol–water partition coefficient (Wildman–Crippen LogP) is 3.52. The van der Waals surface area contributed by atoms with E-state index in [0.717, 1.165) is 61.3 Å². The average Bonchev–Trinajstić information content (AvgIpc) is 3.33. The first-order valence-corrected chi connectivity index (χ1v) is 12.4. The highest BCUT2D eigenvalue weighted by Gasteiger charge is 2.41. The van der Waals surface area contributed by atoms with Crippen molar-refractivity contribution in [3.8, 4) is 0 Å². The Balaban J connectivity index is 1.29. The van der Waals surface area contributed by atoms with Crippen LogP contribution in [0.25, 0.3) is 0 Å². The van der Waals surface area contributed by atoms with Crippen LogP contribution in [0.4, 0.5) is 5.69 Å². The monoisotopic (exact) mass is 482 g/mol. The Kier molecular flexibility index (Phi) is 7.48. The molecule has 0 saturated carbocycles. The minimum Gasteiger partial charge on any atom is -0.392 e. The van der Waals surface area contributed by atoms with Crippen LogP contribution < -0.4 is 5.32 Å². The van der Waals surface area contributed by atoms with E-state index in [9.17, 15) is 9.90 Å². The fraction of sp³-hybridized carbons (Fsp3) is 0.519. The summed E-state index contributed by atoms with van der Waals surface area (Å²) in [6.45, 7) is 5.51. The van der Waals surface area contributed by atoms with Crippen LogP contribution in [-0.2, 0) is 30.3 Å². The van der Waals surface area contributed by atoms with E-state index in [2.05, 4.69) is 10.2 Å². The standard InChI is InChI=1S/C27H34N2O6/c1-19(31)28-23-8-6-22(7-9-23)26-34-24(16-25(35-26)21-4-2-20(18-30)3-5-21)17-29-12-10-27(11-13-29)32-14-15-33-27/h2-9,24-26,30H,10-18H2,1H3,(H,28,31)/t24-,25+,26+/m0/s1. The first-order chi connectivity index (χ1) is 17.0. The van der Waals surface area contributed by atoms with Crippen LogP contribution in [-0.4, -0.2) is 60.7 Å². The lowest BCUT2D eigenvalue weighted by atomic mass is 9.98. The topological polar surface area (TPSA) is 89.5 Å². The maximum atomic E-state index is 11.4. The third-order valence-corrected chi connectivity index (χ3v) is 7.01. The summed E-state index contributed by atoms with van der Waals surface area (Å²) in [5, 5.41) is 12.2. The molecular weight excluding hydrogens is 448 g/mol. The molecule has 3 heterocycles. The second kappa shape index (κ2) is 10.7. The van der Waals surface area contributed by atoms with Gasteiger partial charge in [0.05, 0.1) is 32.0 Å². The van der Waals surface area contributed by atoms with Gasteiger partial charge in [-0.05, 0) is 23.3 Å². The predicted molar refractivity (Wildman–Crippen MR) is 129 cm³/mol. The number of likely N-dealkylation sites (tertiary alicyclic amines) is 1. The molecule has 1 amide bonds. The molecule has 3 fully saturated rings. The number of anilines is 1. The summed E-state index contributed by atoms with van der Waals surface area (Å²) < 4.78 is 24.6. The summed E-state index contributed by atoms with van der Waals surface area (Å²) in [6.07, 6.45) is 1.84. The third-order valence-electron chi connectivity index (χ3n) is 7.01. The van der Waals surface area contributed by atoms with Gasteiger partial charge in [0, 0.05) is 57.1 Å². The molecule has 3 aliphatic rings. The van der Waals surface area contributed by atoms with E-state index < -0.39 is 6.29 Å². The summed E-state index contributed by atoms with van der Waals surface area (Å²) in [4.78, 5) is 13.8. The van der Waals surface area contributed by atoms with E-state index in [-0.39, 0.29) is 30.5 Å². The smallest absolute Gasteiger partial charge is 0.221 e. The lowest BCUT2D eigenvalue weighted by Crippen LogP contribution is -2.48. The summed E-state index contributed by atoms with van der Waals surface area (Å²) in [5.41, 5.74) is 3.59. The van der Waals surface area contributed by atoms with E-state index in [1.165, 1.54) is 6.92 Å². The molecule has 2 aromatic carbocycles. The molecule has 8 nitrogen and oxygen atoms in total. The number of amides is 1. The van der Waals surface area contributed by atoms with E-state index in [4.69, 9.17) is 18.9 Å². The van der Waals surface area contributed by atoms with Crippen LogP contribution >= 0.6 is 0 Å². The number of nitrogens with zero attached hydrogens (tertiary/aromatic N) is 1. The molecule has 1 spiro atoms. The molecule has 5 rings (SSSR count). The summed E-state index contributed by atoms with van der Waals surface area (Å²) in [6, 6.07) is 15.5. The first kappa shape index (κ1) is 24.4. The van der Waals surface area contributed by atoms with E-state index in [1.807, 2.05) is 48.5 Å². The van der Waals surface area contributed by atoms with Crippen LogP contribution in [0.15, 0.2) is 48.5 Å². The van der Waals surface area contributed by atoms with Crippen molar-refractivity contribution < 1.29 is 28.8 Å². The Morgan fingerprint density at radius 2 is 1.66 bits per heavy atom. The second-order valence-corrected chi connectivity index (χ2v) is 9.56. The van der Waals surface area contributed by atoms with Gasteiger partial charge in [0.25, 0.3) is 0 Å². The van der Waals surface area contributed by atoms with Crippen molar-refractivity contribution in [1.82, 2.24) is 4.90 Å². The fourth-order valence-corrected chi connectivity index (χ4v) is 5.11. The summed E-state index contributed by atoms with van der Waals surface area (Å²) in [7, 11) is 0. The number of piperidine rings is 1. The molecule has 0 aliphatic carbocycles. The lowest BCUT2D eigenvalue weighted by molar-refractivity contribution is -0.255. The first-order valence-electron chi connectivity index (χ1n) is 12.4. The van der Waals surface area contributed by atoms with Gasteiger partial charge in [0.2, 0.25) is 5.91 Å². The Bertz CT molecular complexity index is 980. The third kappa shape index (κ3) is 5.91. The largest absolute Gasteiger partial charge is 0.392 e. The maximum Gasteiger partial charge on any atom is 0.221 e. The quantitative estimate of drug-likeness (QED) is 0.651. The normalized spacial score (nSPS) is 26.6. The van der Waals surface area contributed by atoms with E-state index in [1.54, 1.807) is 0 Å². The van der Waals surface area contributed by atoms with Crippen molar-refractivity contribution in [2.24, 2.45) is 0 Å². The van der Waals surface area contributed by atoms with Gasteiger partial charge in [-0.25, -0.2) is 0 Å². The average molecular weight is 483 g/mol. The molecule has 0 aromatic heterocycles. The van der Waals surface area contributed by atoms with Crippen molar-refractivity contribution in [3.05, 3.63) is 65.2 Å². The molecule has 3 saturated heterocycles. The molecule has 0 radical (unpaired) electrons. The van der Waals surface area contributed by atoms with Crippen LogP contribution in [0.2, 0.25) is 0 Å². The Hall–Kier alpha value is -2.33. The molecule has 2 N–H and O–H groups in total. The Morgan fingerprint density at radius 1 is 1.00 bits per heavy atom. The molecule has 3 aliphatic heterocycles. The number of rotatable bonds is 6. The Morgan fingerprint density at radius 3 is 2.29 bits per heavy atom. The molecule has 35 heavy (non-hydrogen) atoms. The molecule has 3 atom stereocenters. The molecule has 8 heteroatoms. The number of ether oxygens (including phenoxy) is 4. The number of nitrogens with one attached hydrogen (secondary N) is 1. The highest BCUT2D eigenvalue weighted by atomic mass is 16.7. The van der Waals surface area contributed by atoms with Gasteiger partial charge in [-0.3, -0.25) is 4.79 Å². The zero-order valence-electron chi connectivity index (χ0n) is 20.2. The number of aliphatic hydroxyl groups is 1. The molecule has 2 aromatic rings. The molecule has 188 valence electrons. The zero-order valence-corrected chi connectivity index (χ0v) is 20.2. The van der Waals surface area contributed by atoms with Gasteiger partial charge in [0.15, 0.2) is 12.1 Å². The number of carbonyl (C=O) groups excluding carboxylic acids is 1. The van der Waals surface area contributed by atoms with Gasteiger partial charge < -0.3 is 34.3 Å². The highest BCUT2D eigenvalue weighted by Crippen LogP contribution is 2.39. The lowest BCUT2D eigenvalue weighted by Gasteiger charge is -2.41. The number of benzene rings is 2. The van der Waals surface area contributed by atoms with E-state index in [0.29, 0.717) is 13.2 Å². The van der Waals surface area contributed by atoms with Gasteiger partial charge in [-0.15, -0.1) is 0 Å². The maximum absolute atomic E-state index is 11.4. The van der Waals surface area contributed by atoms with Crippen molar-refractivity contribution in [2.45, 2.75) is 57.1 Å². The van der Waals surface area contributed by atoms with Crippen molar-refractivity contribution in [2.75, 3.05) is 38.2 Å². The van der Waals surface area contributed by atoms with Crippen LogP contribution in [0.1, 0.15) is 55.3 Å². The molecule has 0 unspecified atom stereocenters. The number of aliphatic hydroxyl groups excluding tert-OH is 1. The SMILES string of the molecule is CC(=O)Nc1ccc([C@@H]2O[C@H](CN3CCC4(CC3)OCCO4)C[C@H](c3ccc(CO)cc3)O2)cc1. The van der Waals surface area contributed by atoms with Crippen LogP contribution in [0, 0.1) is 0 Å². The van der Waals surface area contributed by atoms with E-state index >= 15 is 0 Å². The Labute approximate surface area is 206 Å². The van der Waals surface area contributed by atoms with Crippen molar-refractivity contribution in [1.29, 1.82) is 0 Å². The van der Waals surface area contributed by atoms with Gasteiger partial charge in [-0.2, -0.15) is 0 Å². The minimum atomic E-state index is -0.514. The summed E-state index contributed by atoms with van der Waals surface area (Å²) in [5.74, 6) is -0.492. The van der Waals surface area contributed by atoms with Crippen LogP contribution in [0.5, 0.6) is 0 Å². The van der Waals surface area contributed by atoms with Gasteiger partial charge in [-0.1, -0.05) is 36.4 Å². The van der Waals surface area contributed by atoms with Gasteiger partial charge >= 0.3 is 0 Å². The molecular formula is C27H34N2O6. The number of carbonyl (C=O) groups is 1. The minimum absolute atomic E-state index is 0.00856. The zero-order chi connectivity index (χ0) is 24.3. The second-order valence-electron chi connectivity index (χ2n) is 9.56. The highest BCUT2D eigenvalue weighted by molar-refractivity contribution is 5.88. The van der Waals surface area contributed by atoms with Gasteiger partial charge in [0.1, 0.15) is 0 Å². The van der Waals surface area contributed by atoms with Crippen LogP contribution in [0.3, 0.4) is 0 Å². The van der Waals surface area contributed by atoms with Crippen molar-refractivity contribution in [3.63, 3.8) is 0 Å². The fourth-order valence-electron chi connectivity index (χ4n) is 5.11.